The van der Waals surface area contributed by atoms with Crippen molar-refractivity contribution in [1.82, 2.24) is 5.32 Å². The van der Waals surface area contributed by atoms with Gasteiger partial charge >= 0.3 is 11.9 Å². The van der Waals surface area contributed by atoms with Gasteiger partial charge in [-0.25, -0.2) is 4.79 Å². The van der Waals surface area contributed by atoms with Gasteiger partial charge in [-0.2, -0.15) is 0 Å². The summed E-state index contributed by atoms with van der Waals surface area (Å²) in [6.45, 7) is 0. The lowest BCUT2D eigenvalue weighted by molar-refractivity contribution is -0.143. The maximum absolute atomic E-state index is 11.7. The molecule has 4 N–H and O–H groups in total. The highest BCUT2D eigenvalue weighted by Gasteiger charge is 2.20. The zero-order chi connectivity index (χ0) is 15.8. The minimum atomic E-state index is -1.26. The minimum Gasteiger partial charge on any atom is -0.508 e. The van der Waals surface area contributed by atoms with Crippen molar-refractivity contribution in [2.75, 3.05) is 0 Å². The Bertz CT molecular complexity index is 528. The predicted octanol–water partition coefficient (Wildman–Crippen LogP) is 0.759. The molecule has 0 saturated heterocycles. The van der Waals surface area contributed by atoms with E-state index in [1.54, 1.807) is 12.1 Å². The number of aliphatic carboxylic acids is 2. The van der Waals surface area contributed by atoms with Crippen LogP contribution in [-0.4, -0.2) is 39.2 Å². The highest BCUT2D eigenvalue weighted by Crippen LogP contribution is 2.12. The van der Waals surface area contributed by atoms with Crippen LogP contribution in [0.5, 0.6) is 5.75 Å². The molecule has 0 bridgehead atoms. The number of phenols is 1. The molecule has 0 aliphatic carbocycles. The van der Waals surface area contributed by atoms with E-state index in [9.17, 15) is 19.5 Å². The number of benzene rings is 1. The number of phenolic OH excluding ortho intramolecular Hbond substituents is 1. The molecular weight excluding hydrogens is 278 g/mol. The summed E-state index contributed by atoms with van der Waals surface area (Å²) < 4.78 is 0. The molecule has 7 nitrogen and oxygen atoms in total. The first kappa shape index (κ1) is 16.5. The van der Waals surface area contributed by atoms with Gasteiger partial charge in [-0.05, 0) is 30.5 Å². The molecule has 1 atom stereocenters. The van der Waals surface area contributed by atoms with Gasteiger partial charge < -0.3 is 20.6 Å². The quantitative estimate of drug-likeness (QED) is 0.561. The summed E-state index contributed by atoms with van der Waals surface area (Å²) in [6, 6.07) is 5.21. The molecule has 0 aliphatic rings. The van der Waals surface area contributed by atoms with Crippen LogP contribution in [0.1, 0.15) is 24.8 Å². The number of carboxylic acid groups (broad SMARTS) is 2. The molecule has 0 aromatic heterocycles. The zero-order valence-corrected chi connectivity index (χ0v) is 11.3. The Morgan fingerprint density at radius 2 is 1.86 bits per heavy atom. The monoisotopic (exact) mass is 295 g/mol. The molecule has 0 spiro atoms. The van der Waals surface area contributed by atoms with Crippen LogP contribution in [0.4, 0.5) is 0 Å². The Morgan fingerprint density at radius 3 is 2.43 bits per heavy atom. The number of carbonyl (C=O) groups excluding carboxylic acids is 1. The molecule has 0 aliphatic heterocycles. The fraction of sp³-hybridized carbons (Fsp3) is 0.357. The van der Waals surface area contributed by atoms with Gasteiger partial charge in [0.15, 0.2) is 0 Å². The van der Waals surface area contributed by atoms with Crippen LogP contribution >= 0.6 is 0 Å². The maximum Gasteiger partial charge on any atom is 0.326 e. The number of hydrogen-bond acceptors (Lipinski definition) is 4. The molecule has 1 rings (SSSR count). The third-order valence-corrected chi connectivity index (χ3v) is 2.83. The predicted molar refractivity (Wildman–Crippen MR) is 72.9 cm³/mol. The van der Waals surface area contributed by atoms with E-state index < -0.39 is 23.9 Å². The molecule has 0 unspecified atom stereocenters. The SMILES string of the molecule is O=C(O)CC[C@@H](NC(=O)CCc1cccc(O)c1)C(=O)O. The average Bonchev–Trinajstić information content (AvgIpc) is 2.40. The van der Waals surface area contributed by atoms with Crippen LogP contribution < -0.4 is 5.32 Å². The van der Waals surface area contributed by atoms with E-state index in [0.717, 1.165) is 5.56 Å². The summed E-state index contributed by atoms with van der Waals surface area (Å²) in [5.41, 5.74) is 0.752. The van der Waals surface area contributed by atoms with Crippen LogP contribution in [0.2, 0.25) is 0 Å². The molecule has 0 radical (unpaired) electrons. The first-order valence-electron chi connectivity index (χ1n) is 6.40. The van der Waals surface area contributed by atoms with E-state index in [1.807, 2.05) is 0 Å². The molecule has 114 valence electrons. The number of carboxylic acids is 2. The number of hydrogen-bond donors (Lipinski definition) is 4. The van der Waals surface area contributed by atoms with E-state index in [4.69, 9.17) is 10.2 Å². The summed E-state index contributed by atoms with van der Waals surface area (Å²) in [7, 11) is 0. The van der Waals surface area contributed by atoms with Crippen molar-refractivity contribution < 1.29 is 29.7 Å². The van der Waals surface area contributed by atoms with Crippen molar-refractivity contribution in [2.45, 2.75) is 31.7 Å². The van der Waals surface area contributed by atoms with Crippen LogP contribution in [0.15, 0.2) is 24.3 Å². The number of rotatable bonds is 8. The second-order valence-electron chi connectivity index (χ2n) is 4.56. The zero-order valence-electron chi connectivity index (χ0n) is 11.3. The van der Waals surface area contributed by atoms with Gasteiger partial charge in [-0.1, -0.05) is 12.1 Å². The molecule has 0 saturated carbocycles. The molecule has 21 heavy (non-hydrogen) atoms. The highest BCUT2D eigenvalue weighted by atomic mass is 16.4. The van der Waals surface area contributed by atoms with Crippen LogP contribution in [0.3, 0.4) is 0 Å². The largest absolute Gasteiger partial charge is 0.508 e. The Hall–Kier alpha value is -2.57. The normalized spacial score (nSPS) is 11.6. The summed E-state index contributed by atoms with van der Waals surface area (Å²) in [5.74, 6) is -2.76. The van der Waals surface area contributed by atoms with Crippen molar-refractivity contribution in [3.05, 3.63) is 29.8 Å². The lowest BCUT2D eigenvalue weighted by Crippen LogP contribution is -2.41. The summed E-state index contributed by atoms with van der Waals surface area (Å²) >= 11 is 0. The standard InChI is InChI=1S/C14H17NO6/c16-10-3-1-2-9(8-10)4-6-12(17)15-11(14(20)21)5-7-13(18)19/h1-3,8,11,16H,4-7H2,(H,15,17)(H,18,19)(H,20,21)/t11-/m1/s1. The molecule has 0 heterocycles. The smallest absolute Gasteiger partial charge is 0.326 e. The first-order valence-corrected chi connectivity index (χ1v) is 6.40. The molecular formula is C14H17NO6. The van der Waals surface area contributed by atoms with E-state index in [2.05, 4.69) is 5.32 Å². The van der Waals surface area contributed by atoms with Gasteiger partial charge in [0, 0.05) is 12.8 Å². The summed E-state index contributed by atoms with van der Waals surface area (Å²) in [5, 5.41) is 29.0. The maximum atomic E-state index is 11.7. The van der Waals surface area contributed by atoms with Gasteiger partial charge in [-0.3, -0.25) is 9.59 Å². The Labute approximate surface area is 121 Å². The van der Waals surface area contributed by atoms with Crippen LogP contribution in [0, 0.1) is 0 Å². The number of aromatic hydroxyl groups is 1. The third-order valence-electron chi connectivity index (χ3n) is 2.83. The Morgan fingerprint density at radius 1 is 1.14 bits per heavy atom. The van der Waals surface area contributed by atoms with Gasteiger partial charge in [0.1, 0.15) is 11.8 Å². The van der Waals surface area contributed by atoms with Crippen LogP contribution in [-0.2, 0) is 20.8 Å². The van der Waals surface area contributed by atoms with E-state index in [-0.39, 0.29) is 25.0 Å². The minimum absolute atomic E-state index is 0.0559. The van der Waals surface area contributed by atoms with E-state index >= 15 is 0 Å². The second kappa shape index (κ2) is 7.88. The number of nitrogens with one attached hydrogen (secondary N) is 1. The number of aryl methyl sites for hydroxylation is 1. The van der Waals surface area contributed by atoms with Crippen LogP contribution in [0.25, 0.3) is 0 Å². The van der Waals surface area contributed by atoms with Gasteiger partial charge in [-0.15, -0.1) is 0 Å². The lowest BCUT2D eigenvalue weighted by atomic mass is 10.1. The topological polar surface area (TPSA) is 124 Å². The summed E-state index contributed by atoms with van der Waals surface area (Å²) in [4.78, 5) is 33.0. The van der Waals surface area contributed by atoms with E-state index in [1.165, 1.54) is 12.1 Å². The van der Waals surface area contributed by atoms with Crippen molar-refractivity contribution in [1.29, 1.82) is 0 Å². The van der Waals surface area contributed by atoms with Crippen molar-refractivity contribution >= 4 is 17.8 Å². The Balaban J connectivity index is 2.46. The average molecular weight is 295 g/mol. The summed E-state index contributed by atoms with van der Waals surface area (Å²) in [6.07, 6.45) is -0.0852. The Kier molecular flexibility index (Phi) is 6.19. The number of carbonyl (C=O) groups is 3. The van der Waals surface area contributed by atoms with Gasteiger partial charge in [0.25, 0.3) is 0 Å². The fourth-order valence-electron chi connectivity index (χ4n) is 1.76. The third kappa shape index (κ3) is 6.42. The van der Waals surface area contributed by atoms with Gasteiger partial charge in [0.2, 0.25) is 5.91 Å². The van der Waals surface area contributed by atoms with Crippen molar-refractivity contribution in [3.8, 4) is 5.75 Å². The molecule has 1 aromatic rings. The first-order chi connectivity index (χ1) is 9.88. The fourth-order valence-corrected chi connectivity index (χ4v) is 1.76. The van der Waals surface area contributed by atoms with E-state index in [0.29, 0.717) is 6.42 Å². The van der Waals surface area contributed by atoms with Crippen molar-refractivity contribution in [3.63, 3.8) is 0 Å². The second-order valence-corrected chi connectivity index (χ2v) is 4.56. The number of amides is 1. The molecule has 0 fully saturated rings. The molecule has 1 aromatic carbocycles. The molecule has 1 amide bonds. The van der Waals surface area contributed by atoms with Crippen molar-refractivity contribution in [2.24, 2.45) is 0 Å². The molecule has 7 heteroatoms. The van der Waals surface area contributed by atoms with Gasteiger partial charge in [0.05, 0.1) is 0 Å². The lowest BCUT2D eigenvalue weighted by Gasteiger charge is -2.13. The highest BCUT2D eigenvalue weighted by molar-refractivity contribution is 5.84.